The summed E-state index contributed by atoms with van der Waals surface area (Å²) >= 11 is 3.01. The average molecular weight is 326 g/mol. The van der Waals surface area contributed by atoms with Crippen LogP contribution in [-0.2, 0) is 0 Å². The van der Waals surface area contributed by atoms with Crippen LogP contribution in [0.2, 0.25) is 0 Å². The topological polar surface area (TPSA) is 42.9 Å². The van der Waals surface area contributed by atoms with E-state index in [1.807, 2.05) is 41.8 Å². The maximum atomic E-state index is 12.2. The molecule has 3 aromatic rings. The fourth-order valence-electron chi connectivity index (χ4n) is 2.34. The van der Waals surface area contributed by atoms with E-state index in [2.05, 4.69) is 4.98 Å². The summed E-state index contributed by atoms with van der Waals surface area (Å²) in [5, 5.41) is 3.90. The Morgan fingerprint density at radius 3 is 2.82 bits per heavy atom. The molecule has 0 bridgehead atoms. The van der Waals surface area contributed by atoms with Crippen LogP contribution >= 0.6 is 23.1 Å². The normalized spacial score (nSPS) is 14.4. The fourth-order valence-corrected chi connectivity index (χ4v) is 4.01. The van der Waals surface area contributed by atoms with Gasteiger partial charge in [-0.1, -0.05) is 36.0 Å². The maximum absolute atomic E-state index is 12.2. The summed E-state index contributed by atoms with van der Waals surface area (Å²) < 4.78 is 0. The van der Waals surface area contributed by atoms with E-state index < -0.39 is 0 Å². The average Bonchev–Trinajstić information content (AvgIpc) is 3.26. The number of fused-ring (bicyclic) bond motifs is 1. The number of rotatable bonds is 5. The van der Waals surface area contributed by atoms with Gasteiger partial charge >= 0.3 is 0 Å². The third kappa shape index (κ3) is 2.78. The molecule has 1 fully saturated rings. The van der Waals surface area contributed by atoms with Crippen LogP contribution in [0.1, 0.15) is 34.3 Å². The molecule has 0 N–H and O–H groups in total. The van der Waals surface area contributed by atoms with Gasteiger partial charge in [-0.15, -0.1) is 11.3 Å². The number of para-hydroxylation sites is 1. The predicted octanol–water partition coefficient (Wildman–Crippen LogP) is 4.54. The Morgan fingerprint density at radius 1 is 1.18 bits per heavy atom. The Morgan fingerprint density at radius 2 is 2.05 bits per heavy atom. The minimum absolute atomic E-state index is 0.163. The van der Waals surface area contributed by atoms with Gasteiger partial charge in [0.2, 0.25) is 0 Å². The van der Waals surface area contributed by atoms with Gasteiger partial charge < -0.3 is 0 Å². The van der Waals surface area contributed by atoms with E-state index in [0.717, 1.165) is 26.6 Å². The van der Waals surface area contributed by atoms with E-state index in [1.54, 1.807) is 0 Å². The smallest absolute Gasteiger partial charge is 0.183 e. The predicted molar refractivity (Wildman–Crippen MR) is 90.9 cm³/mol. The first kappa shape index (κ1) is 13.9. The first-order valence-corrected chi connectivity index (χ1v) is 9.14. The molecule has 0 aliphatic heterocycles. The second-order valence-corrected chi connectivity index (χ2v) is 7.28. The van der Waals surface area contributed by atoms with E-state index in [4.69, 9.17) is 4.98 Å². The molecule has 3 nitrogen and oxygen atoms in total. The highest BCUT2D eigenvalue weighted by atomic mass is 32.2. The molecule has 0 radical (unpaired) electrons. The molecule has 0 atom stereocenters. The van der Waals surface area contributed by atoms with Crippen molar-refractivity contribution in [3.8, 4) is 0 Å². The number of carbonyl (C=O) groups excluding carboxylic acids is 1. The van der Waals surface area contributed by atoms with Crippen molar-refractivity contribution in [2.45, 2.75) is 23.8 Å². The molecule has 1 aliphatic carbocycles. The van der Waals surface area contributed by atoms with E-state index in [-0.39, 0.29) is 5.78 Å². The minimum Gasteiger partial charge on any atom is -0.292 e. The quantitative estimate of drug-likeness (QED) is 0.392. The first-order chi connectivity index (χ1) is 10.8. The highest BCUT2D eigenvalue weighted by Gasteiger charge is 2.27. The lowest BCUT2D eigenvalue weighted by molar-refractivity contribution is 0.102. The number of benzene rings is 1. The summed E-state index contributed by atoms with van der Waals surface area (Å²) in [5.41, 5.74) is 0.977. The Bertz CT molecular complexity index is 826. The molecule has 22 heavy (non-hydrogen) atoms. The van der Waals surface area contributed by atoms with Gasteiger partial charge in [0.05, 0.1) is 16.1 Å². The SMILES string of the molecule is O=C(CSc1nc(C2CC2)nc2ccccc12)c1cccs1. The van der Waals surface area contributed by atoms with Crippen molar-refractivity contribution in [3.63, 3.8) is 0 Å². The number of thiophene rings is 1. The second-order valence-electron chi connectivity index (χ2n) is 5.37. The summed E-state index contributed by atoms with van der Waals surface area (Å²) in [5.74, 6) is 2.03. The molecule has 0 unspecified atom stereocenters. The molecule has 1 aromatic carbocycles. The molecule has 0 spiro atoms. The van der Waals surface area contributed by atoms with Gasteiger partial charge in [0.25, 0.3) is 0 Å². The standard InChI is InChI=1S/C17H14N2OS2/c20-14(15-6-3-9-21-15)10-22-17-12-4-1-2-5-13(12)18-16(19-17)11-7-8-11/h1-6,9,11H,7-8,10H2. The largest absolute Gasteiger partial charge is 0.292 e. The molecule has 1 aliphatic rings. The first-order valence-electron chi connectivity index (χ1n) is 7.27. The van der Waals surface area contributed by atoms with Crippen LogP contribution < -0.4 is 0 Å². The molecule has 2 aromatic heterocycles. The van der Waals surface area contributed by atoms with Crippen LogP contribution in [0.4, 0.5) is 0 Å². The number of hydrogen-bond acceptors (Lipinski definition) is 5. The van der Waals surface area contributed by atoms with Crippen LogP contribution in [0.5, 0.6) is 0 Å². The number of ketones is 1. The second kappa shape index (κ2) is 5.82. The summed E-state index contributed by atoms with van der Waals surface area (Å²) in [6, 6.07) is 11.8. The van der Waals surface area contributed by atoms with Gasteiger partial charge in [-0.3, -0.25) is 4.79 Å². The molecule has 0 amide bonds. The summed E-state index contributed by atoms with van der Waals surface area (Å²) in [6.07, 6.45) is 2.35. The third-order valence-corrected chi connectivity index (χ3v) is 5.57. The monoisotopic (exact) mass is 326 g/mol. The number of thioether (sulfide) groups is 1. The Kier molecular flexibility index (Phi) is 3.68. The van der Waals surface area contributed by atoms with Gasteiger partial charge in [-0.05, 0) is 30.4 Å². The summed E-state index contributed by atoms with van der Waals surface area (Å²) in [6.45, 7) is 0. The van der Waals surface area contributed by atoms with E-state index in [1.165, 1.54) is 35.9 Å². The fraction of sp³-hybridized carbons (Fsp3) is 0.235. The molecular weight excluding hydrogens is 312 g/mol. The number of aromatic nitrogens is 2. The van der Waals surface area contributed by atoms with Crippen molar-refractivity contribution in [1.82, 2.24) is 9.97 Å². The highest BCUT2D eigenvalue weighted by molar-refractivity contribution is 8.00. The third-order valence-electron chi connectivity index (χ3n) is 3.66. The molecular formula is C17H14N2OS2. The minimum atomic E-state index is 0.163. The highest BCUT2D eigenvalue weighted by Crippen LogP contribution is 2.39. The lowest BCUT2D eigenvalue weighted by Gasteiger charge is -2.07. The Balaban J connectivity index is 1.63. The van der Waals surface area contributed by atoms with E-state index in [0.29, 0.717) is 11.7 Å². The summed E-state index contributed by atoms with van der Waals surface area (Å²) in [4.78, 5) is 22.4. The zero-order valence-electron chi connectivity index (χ0n) is 11.9. The van der Waals surface area contributed by atoms with Gasteiger partial charge in [0, 0.05) is 11.3 Å². The number of Topliss-reactive ketones (excluding diaryl/α,β-unsaturated/α-hetero) is 1. The Hall–Kier alpha value is -1.72. The zero-order chi connectivity index (χ0) is 14.9. The Labute approximate surface area is 136 Å². The lowest BCUT2D eigenvalue weighted by atomic mass is 10.2. The molecule has 5 heteroatoms. The van der Waals surface area contributed by atoms with Crippen molar-refractivity contribution >= 4 is 39.8 Å². The number of carbonyl (C=O) groups is 1. The van der Waals surface area contributed by atoms with Gasteiger partial charge in [0.1, 0.15) is 10.9 Å². The van der Waals surface area contributed by atoms with E-state index >= 15 is 0 Å². The van der Waals surface area contributed by atoms with Crippen LogP contribution in [0, 0.1) is 0 Å². The summed E-state index contributed by atoms with van der Waals surface area (Å²) in [7, 11) is 0. The molecule has 0 saturated heterocycles. The van der Waals surface area contributed by atoms with E-state index in [9.17, 15) is 4.79 Å². The van der Waals surface area contributed by atoms with Crippen LogP contribution in [0.25, 0.3) is 10.9 Å². The van der Waals surface area contributed by atoms with Crippen LogP contribution in [0.3, 0.4) is 0 Å². The van der Waals surface area contributed by atoms with Gasteiger partial charge in [-0.25, -0.2) is 9.97 Å². The lowest BCUT2D eigenvalue weighted by Crippen LogP contribution is -2.02. The van der Waals surface area contributed by atoms with Gasteiger partial charge in [-0.2, -0.15) is 0 Å². The molecule has 4 rings (SSSR count). The van der Waals surface area contributed by atoms with Crippen molar-refractivity contribution in [2.75, 3.05) is 5.75 Å². The van der Waals surface area contributed by atoms with Crippen LogP contribution in [-0.4, -0.2) is 21.5 Å². The molecule has 2 heterocycles. The number of hydrogen-bond donors (Lipinski definition) is 0. The van der Waals surface area contributed by atoms with Crippen molar-refractivity contribution in [3.05, 3.63) is 52.5 Å². The molecule has 1 saturated carbocycles. The van der Waals surface area contributed by atoms with Crippen molar-refractivity contribution in [1.29, 1.82) is 0 Å². The maximum Gasteiger partial charge on any atom is 0.183 e. The van der Waals surface area contributed by atoms with Crippen molar-refractivity contribution < 1.29 is 4.79 Å². The molecule has 110 valence electrons. The van der Waals surface area contributed by atoms with Crippen molar-refractivity contribution in [2.24, 2.45) is 0 Å². The van der Waals surface area contributed by atoms with Gasteiger partial charge in [0.15, 0.2) is 5.78 Å². The van der Waals surface area contributed by atoms with Crippen LogP contribution in [0.15, 0.2) is 46.8 Å². The number of nitrogens with zero attached hydrogens (tertiary/aromatic N) is 2. The zero-order valence-corrected chi connectivity index (χ0v) is 13.5.